The second-order valence-electron chi connectivity index (χ2n) is 2.84. The van der Waals surface area contributed by atoms with Crippen LogP contribution in [0.4, 0.5) is 0 Å². The van der Waals surface area contributed by atoms with Crippen LogP contribution >= 0.6 is 0 Å². The van der Waals surface area contributed by atoms with Crippen molar-refractivity contribution in [3.8, 4) is 0 Å². The van der Waals surface area contributed by atoms with Crippen molar-refractivity contribution in [2.75, 3.05) is 0 Å². The Morgan fingerprint density at radius 1 is 1.43 bits per heavy atom. The summed E-state index contributed by atoms with van der Waals surface area (Å²) in [4.78, 5) is 31.8. The summed E-state index contributed by atoms with van der Waals surface area (Å²) in [5.74, 6) is -2.58. The highest BCUT2D eigenvalue weighted by atomic mass is 16.4. The predicted octanol–water partition coefficient (Wildman–Crippen LogP) is -2.22. The summed E-state index contributed by atoms with van der Waals surface area (Å²) in [6.45, 7) is 1.40. The SMILES string of the molecule is C[C@H](NC(=O)C[C@H](N)C(=O)O)C(N)=O. The van der Waals surface area contributed by atoms with E-state index < -0.39 is 29.9 Å². The number of rotatable bonds is 5. The van der Waals surface area contributed by atoms with Crippen LogP contribution in [0.25, 0.3) is 0 Å². The van der Waals surface area contributed by atoms with Crippen LogP contribution in [0.15, 0.2) is 0 Å². The highest BCUT2D eigenvalue weighted by Gasteiger charge is 2.18. The van der Waals surface area contributed by atoms with Gasteiger partial charge < -0.3 is 21.9 Å². The lowest BCUT2D eigenvalue weighted by Crippen LogP contribution is -2.45. The van der Waals surface area contributed by atoms with Gasteiger partial charge in [0.25, 0.3) is 0 Å². The molecule has 0 saturated heterocycles. The molecule has 0 aromatic rings. The average molecular weight is 203 g/mol. The van der Waals surface area contributed by atoms with E-state index in [1.807, 2.05) is 0 Å². The molecule has 0 aliphatic carbocycles. The molecular formula is C7H13N3O4. The number of hydrogen-bond acceptors (Lipinski definition) is 4. The molecule has 2 amide bonds. The van der Waals surface area contributed by atoms with Crippen molar-refractivity contribution in [1.29, 1.82) is 0 Å². The third-order valence-corrected chi connectivity index (χ3v) is 1.53. The topological polar surface area (TPSA) is 136 Å². The number of nitrogens with two attached hydrogens (primary N) is 2. The second kappa shape index (κ2) is 5.18. The molecule has 0 aliphatic heterocycles. The van der Waals surface area contributed by atoms with Gasteiger partial charge in [0.2, 0.25) is 11.8 Å². The van der Waals surface area contributed by atoms with E-state index in [0.717, 1.165) is 0 Å². The molecule has 80 valence electrons. The lowest BCUT2D eigenvalue weighted by molar-refractivity contribution is -0.140. The zero-order valence-corrected chi connectivity index (χ0v) is 7.69. The van der Waals surface area contributed by atoms with Crippen molar-refractivity contribution in [3.05, 3.63) is 0 Å². The number of carbonyl (C=O) groups is 3. The number of hydrogen-bond donors (Lipinski definition) is 4. The number of primary amides is 1. The molecule has 7 heteroatoms. The lowest BCUT2D eigenvalue weighted by atomic mass is 10.2. The van der Waals surface area contributed by atoms with Gasteiger partial charge in [-0.1, -0.05) is 0 Å². The van der Waals surface area contributed by atoms with Crippen LogP contribution in [0.3, 0.4) is 0 Å². The second-order valence-corrected chi connectivity index (χ2v) is 2.84. The Morgan fingerprint density at radius 2 is 1.93 bits per heavy atom. The summed E-state index contributed by atoms with van der Waals surface area (Å²) < 4.78 is 0. The first kappa shape index (κ1) is 12.4. The zero-order chi connectivity index (χ0) is 11.3. The first-order valence-electron chi connectivity index (χ1n) is 3.91. The smallest absolute Gasteiger partial charge is 0.321 e. The van der Waals surface area contributed by atoms with Crippen LogP contribution < -0.4 is 16.8 Å². The van der Waals surface area contributed by atoms with E-state index >= 15 is 0 Å². The fraction of sp³-hybridized carbons (Fsp3) is 0.571. The molecule has 0 rings (SSSR count). The Labute approximate surface area is 80.4 Å². The van der Waals surface area contributed by atoms with E-state index in [2.05, 4.69) is 5.32 Å². The number of carboxylic acids is 1. The van der Waals surface area contributed by atoms with Gasteiger partial charge in [-0.3, -0.25) is 14.4 Å². The van der Waals surface area contributed by atoms with Gasteiger partial charge in [-0.25, -0.2) is 0 Å². The van der Waals surface area contributed by atoms with E-state index in [9.17, 15) is 14.4 Å². The summed E-state index contributed by atoms with van der Waals surface area (Å²) in [5, 5.41) is 10.6. The van der Waals surface area contributed by atoms with Crippen LogP contribution in [-0.4, -0.2) is 35.0 Å². The lowest BCUT2D eigenvalue weighted by Gasteiger charge is -2.11. The highest BCUT2D eigenvalue weighted by Crippen LogP contribution is 1.90. The van der Waals surface area contributed by atoms with Crippen LogP contribution in [0.1, 0.15) is 13.3 Å². The molecule has 0 aliphatic rings. The fourth-order valence-electron chi connectivity index (χ4n) is 0.659. The molecule has 0 bridgehead atoms. The van der Waals surface area contributed by atoms with Gasteiger partial charge in [-0.05, 0) is 6.92 Å². The molecule has 6 N–H and O–H groups in total. The minimum absolute atomic E-state index is 0.382. The predicted molar refractivity (Wildman–Crippen MR) is 47.0 cm³/mol. The molecule has 0 aromatic carbocycles. The number of carboxylic acid groups (broad SMARTS) is 1. The van der Waals surface area contributed by atoms with Gasteiger partial charge in [0.1, 0.15) is 12.1 Å². The maximum atomic E-state index is 11.0. The van der Waals surface area contributed by atoms with E-state index in [4.69, 9.17) is 16.6 Å². The maximum absolute atomic E-state index is 11.0. The molecule has 0 unspecified atom stereocenters. The van der Waals surface area contributed by atoms with Gasteiger partial charge >= 0.3 is 5.97 Å². The number of carbonyl (C=O) groups excluding carboxylic acids is 2. The van der Waals surface area contributed by atoms with Crippen molar-refractivity contribution < 1.29 is 19.5 Å². The van der Waals surface area contributed by atoms with E-state index in [0.29, 0.717) is 0 Å². The van der Waals surface area contributed by atoms with Crippen LogP contribution in [-0.2, 0) is 14.4 Å². The molecule has 7 nitrogen and oxygen atoms in total. The Hall–Kier alpha value is -1.63. The molecule has 0 saturated carbocycles. The van der Waals surface area contributed by atoms with Gasteiger partial charge in [0, 0.05) is 0 Å². The van der Waals surface area contributed by atoms with Crippen LogP contribution in [0.5, 0.6) is 0 Å². The summed E-state index contributed by atoms with van der Waals surface area (Å²) >= 11 is 0. The van der Waals surface area contributed by atoms with E-state index in [1.54, 1.807) is 0 Å². The van der Waals surface area contributed by atoms with Crippen molar-refractivity contribution in [3.63, 3.8) is 0 Å². The highest BCUT2D eigenvalue weighted by molar-refractivity contribution is 5.88. The number of nitrogens with one attached hydrogen (secondary N) is 1. The standard InChI is InChI=1S/C7H13N3O4/c1-3(6(9)12)10-5(11)2-4(8)7(13)14/h3-4H,2,8H2,1H3,(H2,9,12)(H,10,11)(H,13,14)/t3-,4-/m0/s1. The van der Waals surface area contributed by atoms with E-state index in [1.165, 1.54) is 6.92 Å². The molecule has 0 aromatic heterocycles. The Kier molecular flexibility index (Phi) is 4.57. The van der Waals surface area contributed by atoms with Crippen LogP contribution in [0, 0.1) is 0 Å². The Bertz CT molecular complexity index is 229. The number of amides is 2. The third-order valence-electron chi connectivity index (χ3n) is 1.53. The monoisotopic (exact) mass is 203 g/mol. The summed E-state index contributed by atoms with van der Waals surface area (Å²) in [7, 11) is 0. The summed E-state index contributed by atoms with van der Waals surface area (Å²) in [5.41, 5.74) is 9.97. The third kappa shape index (κ3) is 4.41. The fourth-order valence-corrected chi connectivity index (χ4v) is 0.659. The van der Waals surface area contributed by atoms with Crippen molar-refractivity contribution in [1.82, 2.24) is 5.32 Å². The average Bonchev–Trinajstić information content (AvgIpc) is 2.03. The molecule has 0 spiro atoms. The zero-order valence-electron chi connectivity index (χ0n) is 7.69. The van der Waals surface area contributed by atoms with Gasteiger partial charge in [-0.15, -0.1) is 0 Å². The Morgan fingerprint density at radius 3 is 2.29 bits per heavy atom. The molecule has 0 heterocycles. The van der Waals surface area contributed by atoms with Gasteiger partial charge in [0.05, 0.1) is 6.42 Å². The normalized spacial score (nSPS) is 14.1. The first-order valence-corrected chi connectivity index (χ1v) is 3.91. The summed E-state index contributed by atoms with van der Waals surface area (Å²) in [6, 6.07) is -2.10. The molecule has 2 atom stereocenters. The molecule has 0 fully saturated rings. The quantitative estimate of drug-likeness (QED) is 0.401. The van der Waals surface area contributed by atoms with E-state index in [-0.39, 0.29) is 6.42 Å². The van der Waals surface area contributed by atoms with Crippen molar-refractivity contribution in [2.24, 2.45) is 11.5 Å². The van der Waals surface area contributed by atoms with Crippen molar-refractivity contribution >= 4 is 17.8 Å². The van der Waals surface area contributed by atoms with Gasteiger partial charge in [-0.2, -0.15) is 0 Å². The Balaban J connectivity index is 3.99. The first-order chi connectivity index (χ1) is 6.34. The van der Waals surface area contributed by atoms with Crippen LogP contribution in [0.2, 0.25) is 0 Å². The minimum Gasteiger partial charge on any atom is -0.480 e. The van der Waals surface area contributed by atoms with Gasteiger partial charge in [0.15, 0.2) is 0 Å². The number of aliphatic carboxylic acids is 1. The molecule has 0 radical (unpaired) electrons. The largest absolute Gasteiger partial charge is 0.480 e. The summed E-state index contributed by atoms with van der Waals surface area (Å²) in [6.07, 6.45) is -0.382. The van der Waals surface area contributed by atoms with Crippen molar-refractivity contribution in [2.45, 2.75) is 25.4 Å². The minimum atomic E-state index is -1.27. The maximum Gasteiger partial charge on any atom is 0.321 e. The molecule has 14 heavy (non-hydrogen) atoms. The molecular weight excluding hydrogens is 190 g/mol.